The molecule has 0 spiro atoms. The fourth-order valence-corrected chi connectivity index (χ4v) is 2.25. The van der Waals surface area contributed by atoms with Gasteiger partial charge in [-0.2, -0.15) is 0 Å². The van der Waals surface area contributed by atoms with Gasteiger partial charge in [0.2, 0.25) is 0 Å². The number of carbonyl (C=O) groups is 1. The third-order valence-electron chi connectivity index (χ3n) is 3.51. The van der Waals surface area contributed by atoms with E-state index in [0.717, 1.165) is 17.7 Å². The Bertz CT molecular complexity index is 762. The highest BCUT2D eigenvalue weighted by Gasteiger charge is 2.24. The molecule has 138 valence electrons. The predicted molar refractivity (Wildman–Crippen MR) is 92.8 cm³/mol. The predicted octanol–water partition coefficient (Wildman–Crippen LogP) is 3.29. The zero-order valence-electron chi connectivity index (χ0n) is 14.2. The lowest BCUT2D eigenvalue weighted by Gasteiger charge is -2.12. The summed E-state index contributed by atoms with van der Waals surface area (Å²) in [7, 11) is 1.34. The summed E-state index contributed by atoms with van der Waals surface area (Å²) >= 11 is 0. The lowest BCUT2D eigenvalue weighted by molar-refractivity contribution is -0.385. The van der Waals surface area contributed by atoms with Crippen LogP contribution in [0.2, 0.25) is 0 Å². The van der Waals surface area contributed by atoms with Crippen LogP contribution in [0.1, 0.15) is 22.3 Å². The average molecular weight is 361 g/mol. The maximum atomic E-state index is 11.1. The molecule has 8 nitrogen and oxygen atoms in total. The smallest absolute Gasteiger partial charge is 0.342 e. The molecular weight excluding hydrogens is 342 g/mol. The van der Waals surface area contributed by atoms with Crippen molar-refractivity contribution in [3.63, 3.8) is 0 Å². The summed E-state index contributed by atoms with van der Waals surface area (Å²) in [5.74, 6) is -1.17. The molecule has 0 saturated heterocycles. The van der Waals surface area contributed by atoms with Gasteiger partial charge >= 0.3 is 5.97 Å². The molecule has 0 atom stereocenters. The number of methoxy groups -OCH3 is 1. The van der Waals surface area contributed by atoms with Crippen LogP contribution in [0.5, 0.6) is 11.5 Å². The quantitative estimate of drug-likeness (QED) is 0.393. The van der Waals surface area contributed by atoms with Crippen molar-refractivity contribution in [2.45, 2.75) is 13.0 Å². The van der Waals surface area contributed by atoms with Crippen LogP contribution in [0.3, 0.4) is 0 Å². The summed E-state index contributed by atoms with van der Waals surface area (Å²) in [6, 6.07) is 11.9. The topological polar surface area (TPSA) is 108 Å². The van der Waals surface area contributed by atoms with Gasteiger partial charge in [0.25, 0.3) is 5.69 Å². The van der Waals surface area contributed by atoms with Gasteiger partial charge < -0.3 is 19.3 Å². The number of ether oxygens (including phenoxy) is 3. The molecule has 0 bridgehead atoms. The van der Waals surface area contributed by atoms with Crippen molar-refractivity contribution >= 4 is 11.7 Å². The van der Waals surface area contributed by atoms with Crippen molar-refractivity contribution < 1.29 is 29.0 Å². The Kier molecular flexibility index (Phi) is 6.92. The number of hydrogen-bond acceptors (Lipinski definition) is 6. The van der Waals surface area contributed by atoms with Gasteiger partial charge in [-0.25, -0.2) is 4.79 Å². The van der Waals surface area contributed by atoms with Crippen LogP contribution < -0.4 is 9.47 Å². The van der Waals surface area contributed by atoms with Crippen molar-refractivity contribution in [1.82, 2.24) is 0 Å². The first-order valence-electron chi connectivity index (χ1n) is 7.87. The molecule has 0 aromatic heterocycles. The minimum atomic E-state index is -1.41. The molecule has 0 unspecified atom stereocenters. The number of aromatic carboxylic acids is 1. The van der Waals surface area contributed by atoms with Crippen molar-refractivity contribution in [2.24, 2.45) is 0 Å². The number of nitro groups is 1. The van der Waals surface area contributed by atoms with E-state index in [1.807, 2.05) is 30.3 Å². The average Bonchev–Trinajstić information content (AvgIpc) is 2.64. The molecule has 0 radical (unpaired) electrons. The van der Waals surface area contributed by atoms with E-state index in [1.165, 1.54) is 7.11 Å². The van der Waals surface area contributed by atoms with Crippen molar-refractivity contribution in [2.75, 3.05) is 20.3 Å². The summed E-state index contributed by atoms with van der Waals surface area (Å²) in [5, 5.41) is 20.1. The zero-order valence-corrected chi connectivity index (χ0v) is 14.2. The largest absolute Gasteiger partial charge is 0.493 e. The van der Waals surface area contributed by atoms with E-state index < -0.39 is 22.1 Å². The maximum absolute atomic E-state index is 11.1. The molecule has 0 aliphatic carbocycles. The number of nitro benzene ring substituents is 1. The molecule has 0 aliphatic rings. The second kappa shape index (κ2) is 9.38. The highest BCUT2D eigenvalue weighted by Crippen LogP contribution is 2.34. The molecule has 26 heavy (non-hydrogen) atoms. The van der Waals surface area contributed by atoms with Gasteiger partial charge in [-0.3, -0.25) is 10.1 Å². The van der Waals surface area contributed by atoms with Crippen LogP contribution in [0, 0.1) is 10.1 Å². The van der Waals surface area contributed by atoms with E-state index >= 15 is 0 Å². The first-order valence-corrected chi connectivity index (χ1v) is 7.87. The molecule has 2 rings (SSSR count). The number of benzene rings is 2. The van der Waals surface area contributed by atoms with Crippen molar-refractivity contribution in [3.8, 4) is 11.5 Å². The minimum Gasteiger partial charge on any atom is -0.493 e. The van der Waals surface area contributed by atoms with Crippen LogP contribution in [0.15, 0.2) is 42.5 Å². The number of carboxylic acids is 1. The minimum absolute atomic E-state index is 0.118. The Morgan fingerprint density at radius 3 is 2.50 bits per heavy atom. The first-order chi connectivity index (χ1) is 12.5. The lowest BCUT2D eigenvalue weighted by atomic mass is 10.1. The zero-order chi connectivity index (χ0) is 18.9. The molecule has 0 fully saturated rings. The van der Waals surface area contributed by atoms with Crippen LogP contribution in [0.25, 0.3) is 0 Å². The summed E-state index contributed by atoms with van der Waals surface area (Å²) in [5.41, 5.74) is 0.0639. The SMILES string of the molecule is COc1cc(C(=O)O)c([N+](=O)[O-])cc1OCCCOCc1ccccc1. The highest BCUT2D eigenvalue weighted by molar-refractivity contribution is 5.93. The second-order valence-corrected chi connectivity index (χ2v) is 5.32. The Morgan fingerprint density at radius 2 is 1.88 bits per heavy atom. The van der Waals surface area contributed by atoms with Gasteiger partial charge in [-0.05, 0) is 5.56 Å². The molecular formula is C18H19NO7. The molecule has 2 aromatic carbocycles. The summed E-state index contributed by atoms with van der Waals surface area (Å²) in [6.07, 6.45) is 0.560. The van der Waals surface area contributed by atoms with Crippen molar-refractivity contribution in [3.05, 3.63) is 63.7 Å². The number of nitrogens with zero attached hydrogens (tertiary/aromatic N) is 1. The van der Waals surface area contributed by atoms with Gasteiger partial charge in [0.15, 0.2) is 11.5 Å². The summed E-state index contributed by atoms with van der Waals surface area (Å²) in [4.78, 5) is 21.4. The lowest BCUT2D eigenvalue weighted by Crippen LogP contribution is -2.07. The molecule has 0 saturated carbocycles. The summed E-state index contributed by atoms with van der Waals surface area (Å²) < 4.78 is 16.1. The summed E-state index contributed by atoms with van der Waals surface area (Å²) in [6.45, 7) is 1.18. The Morgan fingerprint density at radius 1 is 1.15 bits per heavy atom. The third kappa shape index (κ3) is 5.18. The Balaban J connectivity index is 1.91. The van der Waals surface area contributed by atoms with Crippen LogP contribution in [-0.2, 0) is 11.3 Å². The van der Waals surface area contributed by atoms with Crippen LogP contribution in [-0.4, -0.2) is 36.3 Å². The van der Waals surface area contributed by atoms with E-state index in [-0.39, 0.29) is 18.1 Å². The van der Waals surface area contributed by atoms with E-state index in [4.69, 9.17) is 19.3 Å². The molecule has 8 heteroatoms. The Hall–Kier alpha value is -3.13. The first kappa shape index (κ1) is 19.2. The second-order valence-electron chi connectivity index (χ2n) is 5.32. The van der Waals surface area contributed by atoms with E-state index in [2.05, 4.69) is 0 Å². The normalized spacial score (nSPS) is 10.3. The molecule has 0 amide bonds. The van der Waals surface area contributed by atoms with Gasteiger partial charge in [0.05, 0.1) is 37.9 Å². The fraction of sp³-hybridized carbons (Fsp3) is 0.278. The van der Waals surface area contributed by atoms with E-state index in [9.17, 15) is 14.9 Å². The maximum Gasteiger partial charge on any atom is 0.342 e. The van der Waals surface area contributed by atoms with Gasteiger partial charge in [-0.1, -0.05) is 30.3 Å². The number of carboxylic acid groups (broad SMARTS) is 1. The highest BCUT2D eigenvalue weighted by atomic mass is 16.6. The molecule has 1 N–H and O–H groups in total. The fourth-order valence-electron chi connectivity index (χ4n) is 2.25. The third-order valence-corrected chi connectivity index (χ3v) is 3.51. The Labute approximate surface area is 150 Å². The standard InChI is InChI=1S/C18H19NO7/c1-24-16-10-14(18(20)21)15(19(22)23)11-17(16)26-9-5-8-25-12-13-6-3-2-4-7-13/h2-4,6-7,10-11H,5,8-9,12H2,1H3,(H,20,21). The van der Waals surface area contributed by atoms with Gasteiger partial charge in [0, 0.05) is 12.5 Å². The van der Waals surface area contributed by atoms with E-state index in [1.54, 1.807) is 0 Å². The molecule has 2 aromatic rings. The van der Waals surface area contributed by atoms with Gasteiger partial charge in [0.1, 0.15) is 5.56 Å². The number of rotatable bonds is 10. The van der Waals surface area contributed by atoms with Crippen molar-refractivity contribution in [1.29, 1.82) is 0 Å². The van der Waals surface area contributed by atoms with Crippen LogP contribution >= 0.6 is 0 Å². The molecule has 0 heterocycles. The molecule has 0 aliphatic heterocycles. The number of hydrogen-bond donors (Lipinski definition) is 1. The monoisotopic (exact) mass is 361 g/mol. The van der Waals surface area contributed by atoms with Crippen LogP contribution in [0.4, 0.5) is 5.69 Å². The van der Waals surface area contributed by atoms with Gasteiger partial charge in [-0.15, -0.1) is 0 Å². The van der Waals surface area contributed by atoms with E-state index in [0.29, 0.717) is 19.6 Å².